The number of nitrogens with zero attached hydrogens (tertiary/aromatic N) is 2. The summed E-state index contributed by atoms with van der Waals surface area (Å²) in [5.41, 5.74) is 4.40. The molecule has 0 bridgehead atoms. The quantitative estimate of drug-likeness (QED) is 0.756. The van der Waals surface area contributed by atoms with Crippen LogP contribution in [0.1, 0.15) is 23.9 Å². The molecule has 24 heavy (non-hydrogen) atoms. The number of fused-ring (bicyclic) bond motifs is 1. The summed E-state index contributed by atoms with van der Waals surface area (Å²) in [6.07, 6.45) is 0. The lowest BCUT2D eigenvalue weighted by atomic mass is 10.1. The molecule has 0 saturated carbocycles. The van der Waals surface area contributed by atoms with Crippen LogP contribution in [0.5, 0.6) is 5.75 Å². The number of aromatic amines is 1. The Bertz CT molecular complexity index is 940. The van der Waals surface area contributed by atoms with E-state index in [0.717, 1.165) is 40.3 Å². The van der Waals surface area contributed by atoms with E-state index in [1.165, 1.54) is 0 Å². The van der Waals surface area contributed by atoms with E-state index in [9.17, 15) is 4.79 Å². The summed E-state index contributed by atoms with van der Waals surface area (Å²) < 4.78 is 7.20. The number of anilines is 1. The van der Waals surface area contributed by atoms with E-state index in [2.05, 4.69) is 22.3 Å². The highest BCUT2D eigenvalue weighted by Crippen LogP contribution is 2.21. The number of ether oxygens (including phenoxy) is 1. The van der Waals surface area contributed by atoms with Crippen LogP contribution in [0, 0.1) is 13.8 Å². The molecule has 0 fully saturated rings. The van der Waals surface area contributed by atoms with Gasteiger partial charge in [0.2, 0.25) is 0 Å². The van der Waals surface area contributed by atoms with Crippen molar-refractivity contribution in [2.24, 2.45) is 0 Å². The van der Waals surface area contributed by atoms with Crippen LogP contribution in [0.15, 0.2) is 29.1 Å². The lowest BCUT2D eigenvalue weighted by Gasteiger charge is -2.08. The van der Waals surface area contributed by atoms with Crippen molar-refractivity contribution in [3.05, 3.63) is 51.6 Å². The number of rotatable bonds is 5. The van der Waals surface area contributed by atoms with Crippen LogP contribution in [0.25, 0.3) is 10.9 Å². The average Bonchev–Trinajstić information content (AvgIpc) is 2.86. The largest absolute Gasteiger partial charge is 0.497 e. The van der Waals surface area contributed by atoms with E-state index in [0.29, 0.717) is 12.1 Å². The first-order valence-corrected chi connectivity index (χ1v) is 8.01. The lowest BCUT2D eigenvalue weighted by Crippen LogP contribution is -2.16. The van der Waals surface area contributed by atoms with Gasteiger partial charge in [0.25, 0.3) is 5.56 Å². The number of benzene rings is 1. The van der Waals surface area contributed by atoms with Gasteiger partial charge in [0.05, 0.1) is 24.2 Å². The molecule has 2 N–H and O–H groups in total. The summed E-state index contributed by atoms with van der Waals surface area (Å²) >= 11 is 0. The lowest BCUT2D eigenvalue weighted by molar-refractivity contribution is 0.415. The summed E-state index contributed by atoms with van der Waals surface area (Å²) in [6, 6.07) is 7.51. The second-order valence-corrected chi connectivity index (χ2v) is 5.79. The molecule has 3 rings (SSSR count). The van der Waals surface area contributed by atoms with Crippen LogP contribution < -0.4 is 15.6 Å². The van der Waals surface area contributed by atoms with Crippen molar-refractivity contribution < 1.29 is 4.74 Å². The number of hydrogen-bond acceptors (Lipinski definition) is 4. The van der Waals surface area contributed by atoms with E-state index < -0.39 is 0 Å². The van der Waals surface area contributed by atoms with Crippen molar-refractivity contribution in [2.45, 2.75) is 33.9 Å². The molecule has 0 saturated heterocycles. The van der Waals surface area contributed by atoms with Crippen LogP contribution in [-0.2, 0) is 13.1 Å². The van der Waals surface area contributed by atoms with Gasteiger partial charge in [-0.2, -0.15) is 5.10 Å². The zero-order chi connectivity index (χ0) is 17.3. The number of methoxy groups -OCH3 is 1. The molecular formula is C18H22N4O2. The van der Waals surface area contributed by atoms with Gasteiger partial charge in [0.1, 0.15) is 5.75 Å². The molecule has 0 radical (unpaired) electrons. The number of aryl methyl sites for hydroxylation is 2. The highest BCUT2D eigenvalue weighted by atomic mass is 16.5. The van der Waals surface area contributed by atoms with Gasteiger partial charge in [0.15, 0.2) is 0 Å². The monoisotopic (exact) mass is 326 g/mol. The molecule has 0 spiro atoms. The predicted molar refractivity (Wildman–Crippen MR) is 95.8 cm³/mol. The van der Waals surface area contributed by atoms with Crippen LogP contribution in [0.4, 0.5) is 5.69 Å². The normalized spacial score (nSPS) is 11.0. The van der Waals surface area contributed by atoms with Gasteiger partial charge >= 0.3 is 0 Å². The Morgan fingerprint density at radius 3 is 2.75 bits per heavy atom. The Labute approximate surface area is 140 Å². The molecule has 2 heterocycles. The first kappa shape index (κ1) is 16.1. The fourth-order valence-electron chi connectivity index (χ4n) is 2.93. The van der Waals surface area contributed by atoms with Gasteiger partial charge in [-0.15, -0.1) is 0 Å². The van der Waals surface area contributed by atoms with E-state index in [1.54, 1.807) is 7.11 Å². The number of hydrogen-bond donors (Lipinski definition) is 2. The van der Waals surface area contributed by atoms with Crippen molar-refractivity contribution in [3.8, 4) is 5.75 Å². The van der Waals surface area contributed by atoms with Crippen molar-refractivity contribution >= 4 is 16.6 Å². The summed E-state index contributed by atoms with van der Waals surface area (Å²) in [7, 11) is 1.63. The molecular weight excluding hydrogens is 304 g/mol. The summed E-state index contributed by atoms with van der Waals surface area (Å²) in [5.74, 6) is 0.768. The minimum Gasteiger partial charge on any atom is -0.497 e. The Morgan fingerprint density at radius 1 is 1.29 bits per heavy atom. The standard InChI is InChI=1S/C18H22N4O2/c1-5-22-12(3)17(11(2)21-22)19-10-14-8-13-9-15(24-4)6-7-16(13)20-18(14)23/h6-9,19H,5,10H2,1-4H3,(H,20,23). The number of nitrogens with one attached hydrogen (secondary N) is 2. The Kier molecular flexibility index (Phi) is 4.29. The van der Waals surface area contributed by atoms with Crippen molar-refractivity contribution in [2.75, 3.05) is 12.4 Å². The fourth-order valence-corrected chi connectivity index (χ4v) is 2.93. The molecule has 0 aliphatic carbocycles. The molecule has 3 aromatic rings. The topological polar surface area (TPSA) is 71.9 Å². The van der Waals surface area contributed by atoms with Crippen LogP contribution in [-0.4, -0.2) is 21.9 Å². The third-order valence-corrected chi connectivity index (χ3v) is 4.26. The highest BCUT2D eigenvalue weighted by Gasteiger charge is 2.11. The van der Waals surface area contributed by atoms with E-state index in [-0.39, 0.29) is 5.56 Å². The van der Waals surface area contributed by atoms with Gasteiger partial charge < -0.3 is 15.0 Å². The first-order chi connectivity index (χ1) is 11.5. The zero-order valence-electron chi connectivity index (χ0n) is 14.4. The molecule has 0 aliphatic heterocycles. The van der Waals surface area contributed by atoms with Gasteiger partial charge in [0, 0.05) is 29.6 Å². The molecule has 0 amide bonds. The summed E-state index contributed by atoms with van der Waals surface area (Å²) in [5, 5.41) is 8.79. The van der Waals surface area contributed by atoms with Crippen molar-refractivity contribution in [1.82, 2.24) is 14.8 Å². The smallest absolute Gasteiger partial charge is 0.253 e. The SMILES string of the molecule is CCn1nc(C)c(NCc2cc3cc(OC)ccc3[nH]c2=O)c1C. The molecule has 6 heteroatoms. The number of pyridine rings is 1. The van der Waals surface area contributed by atoms with Gasteiger partial charge in [-0.05, 0) is 45.0 Å². The summed E-state index contributed by atoms with van der Waals surface area (Å²) in [4.78, 5) is 15.2. The van der Waals surface area contributed by atoms with Gasteiger partial charge in [-0.25, -0.2) is 0 Å². The Morgan fingerprint density at radius 2 is 2.08 bits per heavy atom. The van der Waals surface area contributed by atoms with Crippen LogP contribution in [0.3, 0.4) is 0 Å². The predicted octanol–water partition coefficient (Wildman–Crippen LogP) is 2.98. The molecule has 126 valence electrons. The second-order valence-electron chi connectivity index (χ2n) is 5.79. The molecule has 6 nitrogen and oxygen atoms in total. The van der Waals surface area contributed by atoms with Crippen LogP contribution in [0.2, 0.25) is 0 Å². The molecule has 1 aromatic carbocycles. The average molecular weight is 326 g/mol. The third kappa shape index (κ3) is 2.87. The second kappa shape index (κ2) is 6.39. The van der Waals surface area contributed by atoms with Gasteiger partial charge in [-0.1, -0.05) is 0 Å². The van der Waals surface area contributed by atoms with Gasteiger partial charge in [-0.3, -0.25) is 9.48 Å². The van der Waals surface area contributed by atoms with E-state index in [1.807, 2.05) is 42.8 Å². The molecule has 2 aromatic heterocycles. The minimum atomic E-state index is -0.0849. The Balaban J connectivity index is 1.91. The zero-order valence-corrected chi connectivity index (χ0v) is 14.4. The maximum atomic E-state index is 12.3. The van der Waals surface area contributed by atoms with E-state index >= 15 is 0 Å². The summed E-state index contributed by atoms with van der Waals surface area (Å²) in [6.45, 7) is 7.33. The third-order valence-electron chi connectivity index (χ3n) is 4.26. The van der Waals surface area contributed by atoms with Crippen molar-refractivity contribution in [1.29, 1.82) is 0 Å². The Hall–Kier alpha value is -2.76. The molecule has 0 atom stereocenters. The number of aromatic nitrogens is 3. The minimum absolute atomic E-state index is 0.0849. The maximum absolute atomic E-state index is 12.3. The van der Waals surface area contributed by atoms with Crippen LogP contribution >= 0.6 is 0 Å². The molecule has 0 aliphatic rings. The fraction of sp³-hybridized carbons (Fsp3) is 0.333. The first-order valence-electron chi connectivity index (χ1n) is 8.01. The molecule has 0 unspecified atom stereocenters. The number of H-pyrrole nitrogens is 1. The highest BCUT2D eigenvalue weighted by molar-refractivity contribution is 5.80. The maximum Gasteiger partial charge on any atom is 0.253 e. The van der Waals surface area contributed by atoms with E-state index in [4.69, 9.17) is 4.74 Å². The van der Waals surface area contributed by atoms with Crippen molar-refractivity contribution in [3.63, 3.8) is 0 Å².